The molecule has 0 saturated heterocycles. The second-order valence-electron chi connectivity index (χ2n) is 3.59. The number of aliphatic hydroxyl groups excluding tert-OH is 1. The molecular weight excluding hydrogens is 260 g/mol. The van der Waals surface area contributed by atoms with E-state index in [-0.39, 0.29) is 23.5 Å². The third-order valence-electron chi connectivity index (χ3n) is 2.02. The molecule has 17 heavy (non-hydrogen) atoms. The van der Waals surface area contributed by atoms with Crippen LogP contribution < -0.4 is 11.1 Å². The normalized spacial score (nSPS) is 12.2. The summed E-state index contributed by atoms with van der Waals surface area (Å²) >= 11 is 7.30. The molecule has 0 fully saturated rings. The molecule has 1 aromatic carbocycles. The number of carbonyl (C=O) groups excluding carboxylic acids is 1. The highest BCUT2D eigenvalue weighted by Crippen LogP contribution is 2.24. The van der Waals surface area contributed by atoms with Gasteiger partial charge >= 0.3 is 0 Å². The van der Waals surface area contributed by atoms with Gasteiger partial charge in [0.05, 0.1) is 23.1 Å². The zero-order valence-electron chi connectivity index (χ0n) is 9.44. The van der Waals surface area contributed by atoms with Gasteiger partial charge in [0.15, 0.2) is 0 Å². The van der Waals surface area contributed by atoms with Crippen molar-refractivity contribution in [1.82, 2.24) is 0 Å². The van der Waals surface area contributed by atoms with E-state index in [4.69, 9.17) is 22.4 Å². The van der Waals surface area contributed by atoms with Gasteiger partial charge in [-0.05, 0) is 18.2 Å². The van der Waals surface area contributed by atoms with E-state index >= 15 is 0 Å². The summed E-state index contributed by atoms with van der Waals surface area (Å²) in [6.45, 7) is 1.91. The molecule has 0 saturated carbocycles. The number of halogens is 1. The Morgan fingerprint density at radius 3 is 2.94 bits per heavy atom. The largest absolute Gasteiger partial charge is 0.399 e. The number of thioether (sulfide) groups is 1. The molecule has 0 spiro atoms. The van der Waals surface area contributed by atoms with Crippen molar-refractivity contribution in [3.05, 3.63) is 23.2 Å². The first-order valence-corrected chi connectivity index (χ1v) is 6.53. The fourth-order valence-electron chi connectivity index (χ4n) is 1.09. The Morgan fingerprint density at radius 1 is 1.65 bits per heavy atom. The SMILES string of the molecule is CC(CO)SCC(=O)Nc1ccc(N)cc1Cl. The molecule has 94 valence electrons. The zero-order valence-corrected chi connectivity index (χ0v) is 11.0. The summed E-state index contributed by atoms with van der Waals surface area (Å²) in [4.78, 5) is 11.6. The lowest BCUT2D eigenvalue weighted by molar-refractivity contribution is -0.113. The van der Waals surface area contributed by atoms with E-state index in [1.807, 2.05) is 6.92 Å². The van der Waals surface area contributed by atoms with Crippen LogP contribution in [0.2, 0.25) is 5.02 Å². The van der Waals surface area contributed by atoms with E-state index in [0.29, 0.717) is 16.4 Å². The van der Waals surface area contributed by atoms with Crippen LogP contribution in [-0.2, 0) is 4.79 Å². The van der Waals surface area contributed by atoms with Crippen LogP contribution in [-0.4, -0.2) is 28.6 Å². The second kappa shape index (κ2) is 6.74. The number of nitrogens with one attached hydrogen (secondary N) is 1. The molecule has 0 bridgehead atoms. The van der Waals surface area contributed by atoms with Crippen LogP contribution in [0.1, 0.15) is 6.92 Å². The van der Waals surface area contributed by atoms with Crippen molar-refractivity contribution >= 4 is 40.6 Å². The van der Waals surface area contributed by atoms with Crippen LogP contribution in [0.3, 0.4) is 0 Å². The first-order valence-electron chi connectivity index (χ1n) is 5.10. The fraction of sp³-hybridized carbons (Fsp3) is 0.364. The van der Waals surface area contributed by atoms with Crippen LogP contribution >= 0.6 is 23.4 Å². The maximum absolute atomic E-state index is 11.6. The van der Waals surface area contributed by atoms with Crippen LogP contribution in [0, 0.1) is 0 Å². The number of hydrogen-bond acceptors (Lipinski definition) is 4. The topological polar surface area (TPSA) is 75.3 Å². The van der Waals surface area contributed by atoms with Gasteiger partial charge in [-0.25, -0.2) is 0 Å². The predicted octanol–water partition coefficient (Wildman–Crippen LogP) is 1.97. The molecule has 4 N–H and O–H groups in total. The van der Waals surface area contributed by atoms with Gasteiger partial charge in [0.25, 0.3) is 0 Å². The van der Waals surface area contributed by atoms with Gasteiger partial charge in [0.1, 0.15) is 0 Å². The van der Waals surface area contributed by atoms with Gasteiger partial charge in [-0.3, -0.25) is 4.79 Å². The number of nitrogens with two attached hydrogens (primary N) is 1. The van der Waals surface area contributed by atoms with E-state index in [9.17, 15) is 4.79 Å². The third-order valence-corrected chi connectivity index (χ3v) is 3.48. The number of anilines is 2. The Labute approximate surface area is 110 Å². The average molecular weight is 275 g/mol. The summed E-state index contributed by atoms with van der Waals surface area (Å²) in [5.41, 5.74) is 6.64. The van der Waals surface area contributed by atoms with Crippen molar-refractivity contribution in [2.75, 3.05) is 23.4 Å². The van der Waals surface area contributed by atoms with Crippen molar-refractivity contribution in [3.8, 4) is 0 Å². The van der Waals surface area contributed by atoms with Crippen molar-refractivity contribution in [1.29, 1.82) is 0 Å². The zero-order chi connectivity index (χ0) is 12.8. The Balaban J connectivity index is 2.50. The molecule has 4 nitrogen and oxygen atoms in total. The Kier molecular flexibility index (Phi) is 5.61. The van der Waals surface area contributed by atoms with Gasteiger partial charge in [-0.2, -0.15) is 0 Å². The lowest BCUT2D eigenvalue weighted by atomic mass is 10.3. The number of benzene rings is 1. The average Bonchev–Trinajstić information content (AvgIpc) is 2.29. The molecule has 1 unspecified atom stereocenters. The van der Waals surface area contributed by atoms with Crippen LogP contribution in [0.4, 0.5) is 11.4 Å². The number of rotatable bonds is 5. The number of hydrogen-bond donors (Lipinski definition) is 3. The highest BCUT2D eigenvalue weighted by atomic mass is 35.5. The van der Waals surface area contributed by atoms with Crippen molar-refractivity contribution in [2.24, 2.45) is 0 Å². The molecule has 1 aromatic rings. The number of amides is 1. The lowest BCUT2D eigenvalue weighted by Crippen LogP contribution is -2.17. The molecule has 0 aliphatic carbocycles. The maximum Gasteiger partial charge on any atom is 0.234 e. The first-order chi connectivity index (χ1) is 8.02. The van der Waals surface area contributed by atoms with Crippen LogP contribution in [0.15, 0.2) is 18.2 Å². The quantitative estimate of drug-likeness (QED) is 0.718. The van der Waals surface area contributed by atoms with E-state index in [0.717, 1.165) is 0 Å². The van der Waals surface area contributed by atoms with Gasteiger partial charge in [0.2, 0.25) is 5.91 Å². The summed E-state index contributed by atoms with van der Waals surface area (Å²) < 4.78 is 0. The second-order valence-corrected chi connectivity index (χ2v) is 5.43. The van der Waals surface area contributed by atoms with Crippen LogP contribution in [0.25, 0.3) is 0 Å². The Morgan fingerprint density at radius 2 is 2.35 bits per heavy atom. The Hall–Kier alpha value is -0.910. The van der Waals surface area contributed by atoms with E-state index < -0.39 is 0 Å². The van der Waals surface area contributed by atoms with E-state index in [1.54, 1.807) is 18.2 Å². The molecular formula is C11H15ClN2O2S. The summed E-state index contributed by atoms with van der Waals surface area (Å²) in [7, 11) is 0. The molecule has 1 rings (SSSR count). The van der Waals surface area contributed by atoms with Crippen molar-refractivity contribution < 1.29 is 9.90 Å². The molecule has 0 aromatic heterocycles. The maximum atomic E-state index is 11.6. The Bertz CT molecular complexity index is 401. The lowest BCUT2D eigenvalue weighted by Gasteiger charge is -2.09. The third kappa shape index (κ3) is 4.85. The number of nitrogen functional groups attached to an aromatic ring is 1. The molecule has 0 radical (unpaired) electrons. The van der Waals surface area contributed by atoms with Crippen LogP contribution in [0.5, 0.6) is 0 Å². The monoisotopic (exact) mass is 274 g/mol. The molecule has 0 aliphatic heterocycles. The van der Waals surface area contributed by atoms with E-state index in [2.05, 4.69) is 5.32 Å². The van der Waals surface area contributed by atoms with Gasteiger partial charge in [-0.15, -0.1) is 11.8 Å². The molecule has 1 atom stereocenters. The minimum atomic E-state index is -0.151. The van der Waals surface area contributed by atoms with E-state index in [1.165, 1.54) is 11.8 Å². The van der Waals surface area contributed by atoms with Crippen molar-refractivity contribution in [2.45, 2.75) is 12.2 Å². The fourth-order valence-corrected chi connectivity index (χ4v) is 1.94. The highest BCUT2D eigenvalue weighted by Gasteiger charge is 2.08. The van der Waals surface area contributed by atoms with Crippen molar-refractivity contribution in [3.63, 3.8) is 0 Å². The molecule has 0 heterocycles. The minimum absolute atomic E-state index is 0.0441. The summed E-state index contributed by atoms with van der Waals surface area (Å²) in [6.07, 6.45) is 0. The molecule has 6 heteroatoms. The minimum Gasteiger partial charge on any atom is -0.399 e. The van der Waals surface area contributed by atoms with Gasteiger partial charge in [-0.1, -0.05) is 18.5 Å². The highest BCUT2D eigenvalue weighted by molar-refractivity contribution is 8.00. The smallest absolute Gasteiger partial charge is 0.234 e. The van der Waals surface area contributed by atoms with Gasteiger partial charge < -0.3 is 16.2 Å². The number of aliphatic hydroxyl groups is 1. The first kappa shape index (κ1) is 14.2. The summed E-state index contributed by atoms with van der Waals surface area (Å²) in [5.74, 6) is 0.129. The number of carbonyl (C=O) groups is 1. The molecule has 0 aliphatic rings. The molecule has 1 amide bonds. The standard InChI is InChI=1S/C11H15ClN2O2S/c1-7(5-15)17-6-11(16)14-10-3-2-8(13)4-9(10)12/h2-4,7,15H,5-6,13H2,1H3,(H,14,16). The predicted molar refractivity (Wildman–Crippen MR) is 73.5 cm³/mol. The van der Waals surface area contributed by atoms with Gasteiger partial charge in [0, 0.05) is 10.9 Å². The summed E-state index contributed by atoms with van der Waals surface area (Å²) in [6, 6.07) is 4.92. The summed E-state index contributed by atoms with van der Waals surface area (Å²) in [5, 5.41) is 12.0.